The Bertz CT molecular complexity index is 526. The normalized spacial score (nSPS) is 17.1. The van der Waals surface area contributed by atoms with E-state index in [9.17, 15) is 4.79 Å². The minimum absolute atomic E-state index is 0.164. The molecular formula is C11H16N6OS. The lowest BCUT2D eigenvalue weighted by Crippen LogP contribution is -2.47. The molecule has 0 saturated carbocycles. The molecule has 5 N–H and O–H groups in total. The fourth-order valence-corrected chi connectivity index (χ4v) is 2.86. The highest BCUT2D eigenvalue weighted by molar-refractivity contribution is 7.17. The van der Waals surface area contributed by atoms with Crippen LogP contribution in [0.2, 0.25) is 0 Å². The Morgan fingerprint density at radius 1 is 1.42 bits per heavy atom. The summed E-state index contributed by atoms with van der Waals surface area (Å²) in [5.41, 5.74) is 14.6. The van der Waals surface area contributed by atoms with Gasteiger partial charge < -0.3 is 21.8 Å². The van der Waals surface area contributed by atoms with Crippen LogP contribution in [0.1, 0.15) is 15.2 Å². The standard InChI is InChI=1S/C11H16N6OS/c1-16-2-4-17(5-3-16)15-11-8(10(14)18)9(13)7(6-12)19-11/h15H,2-5,13H2,1H3,(H2,14,18). The lowest BCUT2D eigenvalue weighted by molar-refractivity contribution is 0.100. The number of hydrazine groups is 1. The molecule has 102 valence electrons. The van der Waals surface area contributed by atoms with Gasteiger partial charge in [0.05, 0.1) is 11.3 Å². The molecule has 19 heavy (non-hydrogen) atoms. The lowest BCUT2D eigenvalue weighted by atomic mass is 10.2. The van der Waals surface area contributed by atoms with Gasteiger partial charge in [-0.25, -0.2) is 5.01 Å². The third-order valence-electron chi connectivity index (χ3n) is 3.06. The molecule has 1 aromatic heterocycles. The van der Waals surface area contributed by atoms with E-state index in [1.165, 1.54) is 0 Å². The number of nitrogens with two attached hydrogens (primary N) is 2. The minimum atomic E-state index is -0.619. The first-order valence-corrected chi connectivity index (χ1v) is 6.67. The first kappa shape index (κ1) is 13.6. The molecule has 1 fully saturated rings. The van der Waals surface area contributed by atoms with E-state index >= 15 is 0 Å². The number of thiophene rings is 1. The van der Waals surface area contributed by atoms with Crippen LogP contribution in [0.25, 0.3) is 0 Å². The summed E-state index contributed by atoms with van der Waals surface area (Å²) < 4.78 is 0. The predicted molar refractivity (Wildman–Crippen MR) is 74.7 cm³/mol. The summed E-state index contributed by atoms with van der Waals surface area (Å²) in [5, 5.41) is 11.5. The summed E-state index contributed by atoms with van der Waals surface area (Å²) >= 11 is 1.16. The van der Waals surface area contributed by atoms with Gasteiger partial charge >= 0.3 is 0 Å². The summed E-state index contributed by atoms with van der Waals surface area (Å²) in [6, 6.07) is 1.97. The highest BCUT2D eigenvalue weighted by Crippen LogP contribution is 2.35. The Kier molecular flexibility index (Phi) is 3.90. The Balaban J connectivity index is 2.20. The Labute approximate surface area is 115 Å². The maximum absolute atomic E-state index is 11.4. The molecule has 0 unspecified atom stereocenters. The monoisotopic (exact) mass is 280 g/mol. The van der Waals surface area contributed by atoms with Crippen molar-refractivity contribution in [3.63, 3.8) is 0 Å². The van der Waals surface area contributed by atoms with Gasteiger partial charge in [0.2, 0.25) is 0 Å². The Morgan fingerprint density at radius 2 is 2.05 bits per heavy atom. The SMILES string of the molecule is CN1CCN(Nc2sc(C#N)c(N)c2C(N)=O)CC1. The third-order valence-corrected chi connectivity index (χ3v) is 4.07. The number of hydrogen-bond acceptors (Lipinski definition) is 7. The van der Waals surface area contributed by atoms with E-state index in [0.717, 1.165) is 37.5 Å². The smallest absolute Gasteiger partial charge is 0.253 e. The molecule has 0 atom stereocenters. The van der Waals surface area contributed by atoms with Crippen LogP contribution in [0.3, 0.4) is 0 Å². The molecule has 1 saturated heterocycles. The van der Waals surface area contributed by atoms with Gasteiger partial charge in [0, 0.05) is 26.2 Å². The average molecular weight is 280 g/mol. The Hall–Kier alpha value is -1.82. The zero-order chi connectivity index (χ0) is 14.0. The average Bonchev–Trinajstić information content (AvgIpc) is 2.68. The van der Waals surface area contributed by atoms with Gasteiger partial charge in [-0.15, -0.1) is 11.3 Å². The van der Waals surface area contributed by atoms with E-state index in [1.807, 2.05) is 11.1 Å². The van der Waals surface area contributed by atoms with Crippen molar-refractivity contribution in [3.05, 3.63) is 10.4 Å². The van der Waals surface area contributed by atoms with E-state index in [-0.39, 0.29) is 11.3 Å². The molecule has 8 heteroatoms. The largest absolute Gasteiger partial charge is 0.396 e. The first-order valence-electron chi connectivity index (χ1n) is 5.85. The second kappa shape index (κ2) is 5.44. The van der Waals surface area contributed by atoms with E-state index in [4.69, 9.17) is 16.7 Å². The van der Waals surface area contributed by atoms with Crippen molar-refractivity contribution in [2.24, 2.45) is 5.73 Å². The van der Waals surface area contributed by atoms with E-state index in [2.05, 4.69) is 17.4 Å². The predicted octanol–water partition coefficient (Wildman–Crippen LogP) is -0.125. The molecule has 0 aliphatic carbocycles. The van der Waals surface area contributed by atoms with Crippen LogP contribution in [0.15, 0.2) is 0 Å². The highest BCUT2D eigenvalue weighted by Gasteiger charge is 2.22. The van der Waals surface area contributed by atoms with E-state index < -0.39 is 5.91 Å². The molecular weight excluding hydrogens is 264 g/mol. The van der Waals surface area contributed by atoms with Crippen LogP contribution in [0.4, 0.5) is 10.7 Å². The topological polar surface area (TPSA) is 111 Å². The van der Waals surface area contributed by atoms with Gasteiger partial charge in [0.15, 0.2) is 0 Å². The molecule has 1 amide bonds. The second-order valence-electron chi connectivity index (χ2n) is 4.43. The van der Waals surface area contributed by atoms with Gasteiger partial charge in [0.25, 0.3) is 5.91 Å². The van der Waals surface area contributed by atoms with E-state index in [1.54, 1.807) is 0 Å². The number of nitrogens with zero attached hydrogens (tertiary/aromatic N) is 3. The first-order chi connectivity index (χ1) is 9.02. The maximum Gasteiger partial charge on any atom is 0.253 e. The van der Waals surface area contributed by atoms with Crippen molar-refractivity contribution in [2.75, 3.05) is 44.4 Å². The summed E-state index contributed by atoms with van der Waals surface area (Å²) in [5.74, 6) is -0.619. The lowest BCUT2D eigenvalue weighted by Gasteiger charge is -2.32. The van der Waals surface area contributed by atoms with E-state index in [0.29, 0.717) is 9.88 Å². The molecule has 2 heterocycles. The van der Waals surface area contributed by atoms with Crippen LogP contribution < -0.4 is 16.9 Å². The fourth-order valence-electron chi connectivity index (χ4n) is 1.91. The van der Waals surface area contributed by atoms with Gasteiger partial charge in [-0.1, -0.05) is 0 Å². The van der Waals surface area contributed by atoms with Crippen LogP contribution in [-0.4, -0.2) is 49.0 Å². The zero-order valence-electron chi connectivity index (χ0n) is 10.6. The molecule has 2 rings (SSSR count). The minimum Gasteiger partial charge on any atom is -0.396 e. The molecule has 7 nitrogen and oxygen atoms in total. The van der Waals surface area contributed by atoms with Crippen molar-refractivity contribution >= 4 is 27.9 Å². The summed E-state index contributed by atoms with van der Waals surface area (Å²) in [6.07, 6.45) is 0. The van der Waals surface area contributed by atoms with Crippen LogP contribution in [0, 0.1) is 11.3 Å². The van der Waals surface area contributed by atoms with Crippen molar-refractivity contribution in [2.45, 2.75) is 0 Å². The number of nitrogen functional groups attached to an aromatic ring is 1. The number of rotatable bonds is 3. The quantitative estimate of drug-likeness (QED) is 0.711. The van der Waals surface area contributed by atoms with Gasteiger partial charge in [0.1, 0.15) is 15.9 Å². The number of carbonyl (C=O) groups excluding carboxylic acids is 1. The van der Waals surface area contributed by atoms with Gasteiger partial charge in [-0.2, -0.15) is 5.26 Å². The van der Waals surface area contributed by atoms with Gasteiger partial charge in [-0.05, 0) is 7.05 Å². The Morgan fingerprint density at radius 3 is 2.58 bits per heavy atom. The van der Waals surface area contributed by atoms with Crippen molar-refractivity contribution in [1.29, 1.82) is 5.26 Å². The molecule has 0 bridgehead atoms. The molecule has 0 spiro atoms. The molecule has 1 aliphatic heterocycles. The van der Waals surface area contributed by atoms with Crippen LogP contribution >= 0.6 is 11.3 Å². The van der Waals surface area contributed by atoms with Crippen molar-refractivity contribution < 1.29 is 4.79 Å². The number of piperazine rings is 1. The number of primary amides is 1. The molecule has 0 radical (unpaired) electrons. The van der Waals surface area contributed by atoms with Crippen molar-refractivity contribution in [3.8, 4) is 6.07 Å². The zero-order valence-corrected chi connectivity index (χ0v) is 11.5. The number of hydrogen-bond donors (Lipinski definition) is 3. The fraction of sp³-hybridized carbons (Fsp3) is 0.455. The van der Waals surface area contributed by atoms with Gasteiger partial charge in [-0.3, -0.25) is 4.79 Å². The number of nitriles is 1. The summed E-state index contributed by atoms with van der Waals surface area (Å²) in [6.45, 7) is 3.53. The van der Waals surface area contributed by atoms with Crippen molar-refractivity contribution in [1.82, 2.24) is 9.91 Å². The number of anilines is 2. The number of likely N-dealkylation sites (N-methyl/N-ethyl adjacent to an activating group) is 1. The summed E-state index contributed by atoms with van der Waals surface area (Å²) in [4.78, 5) is 14.0. The number of amides is 1. The second-order valence-corrected chi connectivity index (χ2v) is 5.45. The molecule has 1 aromatic rings. The third kappa shape index (κ3) is 2.78. The highest BCUT2D eigenvalue weighted by atomic mass is 32.1. The summed E-state index contributed by atoms with van der Waals surface area (Å²) in [7, 11) is 2.06. The number of nitrogens with one attached hydrogen (secondary N) is 1. The molecule has 0 aromatic carbocycles. The van der Waals surface area contributed by atoms with Crippen LogP contribution in [-0.2, 0) is 0 Å². The molecule has 1 aliphatic rings. The maximum atomic E-state index is 11.4. The number of carbonyl (C=O) groups is 1. The van der Waals surface area contributed by atoms with Crippen LogP contribution in [0.5, 0.6) is 0 Å².